The second-order valence-corrected chi connectivity index (χ2v) is 9.69. The quantitative estimate of drug-likeness (QED) is 0.316. The fourth-order valence-corrected chi connectivity index (χ4v) is 4.66. The predicted octanol–water partition coefficient (Wildman–Crippen LogP) is 3.44. The lowest BCUT2D eigenvalue weighted by Crippen LogP contribution is -2.32. The largest absolute Gasteiger partial charge is 0.497 e. The first-order valence-corrected chi connectivity index (χ1v) is 12.4. The van der Waals surface area contributed by atoms with E-state index in [-0.39, 0.29) is 15.1 Å². The van der Waals surface area contributed by atoms with Gasteiger partial charge in [0.15, 0.2) is 5.11 Å². The van der Waals surface area contributed by atoms with Crippen molar-refractivity contribution in [2.45, 2.75) is 18.2 Å². The summed E-state index contributed by atoms with van der Waals surface area (Å²) in [5.41, 5.74) is 1.34. The van der Waals surface area contributed by atoms with Gasteiger partial charge < -0.3 is 10.1 Å². The Morgan fingerprint density at radius 2 is 1.82 bits per heavy atom. The molecule has 0 radical (unpaired) electrons. The van der Waals surface area contributed by atoms with Gasteiger partial charge in [-0.1, -0.05) is 30.4 Å². The van der Waals surface area contributed by atoms with Crippen LogP contribution in [0.4, 0.5) is 10.8 Å². The fourth-order valence-electron chi connectivity index (χ4n) is 2.53. The molecule has 0 unspecified atom stereocenters. The first-order valence-electron chi connectivity index (χ1n) is 9.68. The van der Waals surface area contributed by atoms with Crippen molar-refractivity contribution in [3.63, 3.8) is 0 Å². The zero-order valence-electron chi connectivity index (χ0n) is 17.7. The first-order chi connectivity index (χ1) is 15.8. The number of aryl methyl sites for hydroxylation is 1. The van der Waals surface area contributed by atoms with Crippen molar-refractivity contribution in [1.82, 2.24) is 15.5 Å². The number of carbonyl (C=O) groups excluding carboxylic acids is 1. The van der Waals surface area contributed by atoms with E-state index in [0.29, 0.717) is 12.1 Å². The molecule has 0 saturated carbocycles. The van der Waals surface area contributed by atoms with Crippen molar-refractivity contribution in [1.29, 1.82) is 0 Å². The molecule has 0 spiro atoms. The molecule has 1 amide bonds. The molecule has 2 aromatic carbocycles. The molecule has 3 rings (SSSR count). The molecule has 3 N–H and O–H groups in total. The normalized spacial score (nSPS) is 11.2. The lowest BCUT2D eigenvalue weighted by Gasteiger charge is -2.09. The number of rotatable bonds is 8. The van der Waals surface area contributed by atoms with Gasteiger partial charge in [-0.15, -0.1) is 10.2 Å². The van der Waals surface area contributed by atoms with E-state index in [1.54, 1.807) is 25.3 Å². The van der Waals surface area contributed by atoms with Crippen LogP contribution in [0.5, 0.6) is 5.75 Å². The van der Waals surface area contributed by atoms with Crippen LogP contribution < -0.4 is 20.1 Å². The summed E-state index contributed by atoms with van der Waals surface area (Å²) in [6.45, 7) is 1.91. The Labute approximate surface area is 201 Å². The molecule has 1 aromatic heterocycles. The molecule has 0 aliphatic heterocycles. The maximum Gasteiger partial charge on any atom is 0.263 e. The molecule has 1 heterocycles. The fraction of sp³-hybridized carbons (Fsp3) is 0.143. The summed E-state index contributed by atoms with van der Waals surface area (Å²) in [6, 6.07) is 13.1. The first kappa shape index (κ1) is 24.3. The van der Waals surface area contributed by atoms with Crippen LogP contribution in [0.1, 0.15) is 17.5 Å². The number of carbonyl (C=O) groups is 1. The summed E-state index contributed by atoms with van der Waals surface area (Å²) in [6.07, 6.45) is 3.67. The third-order valence-electron chi connectivity index (χ3n) is 4.19. The predicted molar refractivity (Wildman–Crippen MR) is 133 cm³/mol. The molecule has 0 aliphatic carbocycles. The second-order valence-electron chi connectivity index (χ2n) is 6.53. The van der Waals surface area contributed by atoms with Crippen LogP contribution in [0.2, 0.25) is 0 Å². The van der Waals surface area contributed by atoms with E-state index in [1.165, 1.54) is 41.7 Å². The zero-order valence-corrected chi connectivity index (χ0v) is 20.2. The van der Waals surface area contributed by atoms with Crippen LogP contribution >= 0.6 is 23.6 Å². The number of sulfonamides is 1. The molecule has 3 aromatic rings. The third kappa shape index (κ3) is 7.07. The van der Waals surface area contributed by atoms with Crippen LogP contribution in [-0.4, -0.2) is 36.7 Å². The average Bonchev–Trinajstić information content (AvgIpc) is 3.25. The number of aromatic nitrogens is 2. The summed E-state index contributed by atoms with van der Waals surface area (Å²) >= 11 is 6.33. The number of hydrogen-bond donors (Lipinski definition) is 3. The van der Waals surface area contributed by atoms with E-state index in [1.807, 2.05) is 19.1 Å². The number of thiocarbonyl (C=S) groups is 1. The van der Waals surface area contributed by atoms with E-state index >= 15 is 0 Å². The number of methoxy groups -OCH3 is 1. The number of anilines is 2. The molecule has 0 fully saturated rings. The highest BCUT2D eigenvalue weighted by atomic mass is 32.2. The van der Waals surface area contributed by atoms with Crippen LogP contribution in [0, 0.1) is 0 Å². The number of benzene rings is 2. The number of nitrogens with zero attached hydrogens (tertiary/aromatic N) is 2. The SMILES string of the molecule is CCc1nnc(NS(=O)(=O)c2ccc(NC(=S)NC(=O)/C=C/c3ccc(OC)cc3)cc2)s1. The van der Waals surface area contributed by atoms with E-state index in [0.717, 1.165) is 16.3 Å². The van der Waals surface area contributed by atoms with Crippen LogP contribution in [0.25, 0.3) is 6.08 Å². The number of ether oxygens (including phenoxy) is 1. The molecule has 33 heavy (non-hydrogen) atoms. The second kappa shape index (κ2) is 11.0. The lowest BCUT2D eigenvalue weighted by atomic mass is 10.2. The molecular formula is C21H21N5O4S3. The Morgan fingerprint density at radius 3 is 2.42 bits per heavy atom. The average molecular weight is 504 g/mol. The maximum absolute atomic E-state index is 12.5. The van der Waals surface area contributed by atoms with Crippen LogP contribution in [-0.2, 0) is 21.2 Å². The van der Waals surface area contributed by atoms with Crippen molar-refractivity contribution in [3.05, 3.63) is 65.2 Å². The minimum atomic E-state index is -3.80. The molecular weight excluding hydrogens is 482 g/mol. The molecule has 0 atom stereocenters. The van der Waals surface area contributed by atoms with E-state index in [4.69, 9.17) is 17.0 Å². The van der Waals surface area contributed by atoms with Gasteiger partial charge >= 0.3 is 0 Å². The van der Waals surface area contributed by atoms with Gasteiger partial charge in [-0.3, -0.25) is 14.8 Å². The minimum absolute atomic E-state index is 0.0543. The van der Waals surface area contributed by atoms with Crippen molar-refractivity contribution in [2.24, 2.45) is 0 Å². The zero-order chi connectivity index (χ0) is 23.8. The summed E-state index contributed by atoms with van der Waals surface area (Å²) in [5, 5.41) is 14.1. The highest BCUT2D eigenvalue weighted by Crippen LogP contribution is 2.21. The van der Waals surface area contributed by atoms with Crippen LogP contribution in [0.15, 0.2) is 59.5 Å². The summed E-state index contributed by atoms with van der Waals surface area (Å²) in [4.78, 5) is 12.1. The Balaban J connectivity index is 1.54. The highest BCUT2D eigenvalue weighted by Gasteiger charge is 2.16. The standard InChI is InChI=1S/C21H21N5O4S3/c1-3-19-24-25-21(32-19)26-33(28,29)17-11-7-15(8-12-17)22-20(31)23-18(27)13-6-14-4-9-16(30-2)10-5-14/h4-13H,3H2,1-2H3,(H,25,26)(H2,22,23,27,31)/b13-6+. The van der Waals surface area contributed by atoms with Gasteiger partial charge in [0.1, 0.15) is 10.8 Å². The number of nitrogens with one attached hydrogen (secondary N) is 3. The molecule has 12 heteroatoms. The summed E-state index contributed by atoms with van der Waals surface area (Å²) < 4.78 is 32.5. The van der Waals surface area contributed by atoms with Crippen LogP contribution in [0.3, 0.4) is 0 Å². The van der Waals surface area contributed by atoms with Crippen molar-refractivity contribution < 1.29 is 17.9 Å². The third-order valence-corrected chi connectivity index (χ3v) is 6.86. The van der Waals surface area contributed by atoms with Crippen molar-refractivity contribution in [2.75, 3.05) is 17.1 Å². The lowest BCUT2D eigenvalue weighted by molar-refractivity contribution is -0.115. The molecule has 0 saturated heterocycles. The highest BCUT2D eigenvalue weighted by molar-refractivity contribution is 7.93. The van der Waals surface area contributed by atoms with Gasteiger partial charge in [0.2, 0.25) is 11.0 Å². The van der Waals surface area contributed by atoms with Gasteiger partial charge in [-0.25, -0.2) is 8.42 Å². The number of amides is 1. The molecule has 9 nitrogen and oxygen atoms in total. The topological polar surface area (TPSA) is 122 Å². The van der Waals surface area contributed by atoms with Gasteiger partial charge in [-0.2, -0.15) is 0 Å². The Morgan fingerprint density at radius 1 is 1.12 bits per heavy atom. The van der Waals surface area contributed by atoms with E-state index in [2.05, 4.69) is 25.6 Å². The van der Waals surface area contributed by atoms with E-state index < -0.39 is 15.9 Å². The number of hydrogen-bond acceptors (Lipinski definition) is 8. The summed E-state index contributed by atoms with van der Waals surface area (Å²) in [7, 11) is -2.22. The maximum atomic E-state index is 12.5. The molecule has 0 aliphatic rings. The smallest absolute Gasteiger partial charge is 0.263 e. The minimum Gasteiger partial charge on any atom is -0.497 e. The Hall–Kier alpha value is -3.35. The summed E-state index contributed by atoms with van der Waals surface area (Å²) in [5.74, 6) is 0.317. The Bertz CT molecular complexity index is 1250. The van der Waals surface area contributed by atoms with Gasteiger partial charge in [-0.05, 0) is 66.7 Å². The van der Waals surface area contributed by atoms with Crippen molar-refractivity contribution >= 4 is 61.5 Å². The monoisotopic (exact) mass is 503 g/mol. The van der Waals surface area contributed by atoms with Gasteiger partial charge in [0.05, 0.1) is 12.0 Å². The molecule has 0 bridgehead atoms. The van der Waals surface area contributed by atoms with Gasteiger partial charge in [0.25, 0.3) is 10.0 Å². The van der Waals surface area contributed by atoms with E-state index in [9.17, 15) is 13.2 Å². The Kier molecular flexibility index (Phi) is 8.09. The van der Waals surface area contributed by atoms with Gasteiger partial charge in [0, 0.05) is 11.8 Å². The molecule has 172 valence electrons. The van der Waals surface area contributed by atoms with Crippen molar-refractivity contribution in [3.8, 4) is 5.75 Å².